The van der Waals surface area contributed by atoms with E-state index < -0.39 is 8.67 Å². The molecule has 0 radical (unpaired) electrons. The largest absolute Gasteiger partial charge is 0.160 e. The summed E-state index contributed by atoms with van der Waals surface area (Å²) in [6.45, 7) is 0. The van der Waals surface area contributed by atoms with Gasteiger partial charge in [-0.3, -0.25) is 0 Å². The summed E-state index contributed by atoms with van der Waals surface area (Å²) in [6.07, 6.45) is 1.93. The fraction of sp³-hybridized carbons (Fsp3) is 1.00. The Morgan fingerprint density at radius 3 is 1.11 bits per heavy atom. The molecule has 2 aliphatic carbocycles. The van der Waals surface area contributed by atoms with Crippen molar-refractivity contribution in [1.29, 1.82) is 0 Å². The molecule has 0 amide bonds. The molecule has 52 valence electrons. The van der Waals surface area contributed by atoms with Crippen LogP contribution in [0.1, 0.15) is 12.8 Å². The molecule has 0 saturated heterocycles. The van der Waals surface area contributed by atoms with E-state index in [2.05, 4.69) is 0 Å². The maximum atomic E-state index is 5.79. The third-order valence-electron chi connectivity index (χ3n) is 2.28. The van der Waals surface area contributed by atoms with Crippen LogP contribution in [0.3, 0.4) is 0 Å². The molecule has 2 fully saturated rings. The van der Waals surface area contributed by atoms with E-state index in [4.69, 9.17) is 46.4 Å². The SMILES string of the molecule is ClC1(Cl)C(Cl)(Cl)C12CC2. The van der Waals surface area contributed by atoms with Crippen molar-refractivity contribution in [1.82, 2.24) is 0 Å². The van der Waals surface area contributed by atoms with Crippen LogP contribution in [0, 0.1) is 5.41 Å². The summed E-state index contributed by atoms with van der Waals surface area (Å²) in [6, 6.07) is 0. The van der Waals surface area contributed by atoms with Crippen LogP contribution < -0.4 is 0 Å². The molecular formula is C5H4Cl4. The number of hydrogen-bond acceptors (Lipinski definition) is 0. The van der Waals surface area contributed by atoms with Crippen molar-refractivity contribution in [2.75, 3.05) is 0 Å². The molecule has 0 bridgehead atoms. The average molecular weight is 206 g/mol. The molecule has 0 heterocycles. The van der Waals surface area contributed by atoms with Crippen molar-refractivity contribution < 1.29 is 0 Å². The number of hydrogen-bond donors (Lipinski definition) is 0. The van der Waals surface area contributed by atoms with E-state index >= 15 is 0 Å². The third kappa shape index (κ3) is 0.484. The summed E-state index contributed by atoms with van der Waals surface area (Å²) in [7, 11) is 0. The normalized spacial score (nSPS) is 38.7. The summed E-state index contributed by atoms with van der Waals surface area (Å²) in [5, 5.41) is 0. The highest BCUT2D eigenvalue weighted by Crippen LogP contribution is 2.88. The first-order valence-corrected chi connectivity index (χ1v) is 4.22. The van der Waals surface area contributed by atoms with Gasteiger partial charge in [-0.2, -0.15) is 0 Å². The lowest BCUT2D eigenvalue weighted by Crippen LogP contribution is -1.96. The standard InChI is InChI=1S/C5H4Cl4/c6-4(7)3(1-2-3)5(4,8)9/h1-2H2. The fourth-order valence-electron chi connectivity index (χ4n) is 1.27. The minimum absolute atomic E-state index is 0.147. The van der Waals surface area contributed by atoms with Crippen molar-refractivity contribution in [3.8, 4) is 0 Å². The van der Waals surface area contributed by atoms with Gasteiger partial charge in [0.15, 0.2) is 8.67 Å². The first-order chi connectivity index (χ1) is 3.96. The van der Waals surface area contributed by atoms with Crippen LogP contribution in [0.4, 0.5) is 0 Å². The second kappa shape index (κ2) is 1.36. The quantitative estimate of drug-likeness (QED) is 0.534. The lowest BCUT2D eigenvalue weighted by atomic mass is 10.4. The van der Waals surface area contributed by atoms with E-state index in [1.165, 1.54) is 0 Å². The van der Waals surface area contributed by atoms with E-state index in [0.717, 1.165) is 12.8 Å². The average Bonchev–Trinajstić information content (AvgIpc) is 2.45. The monoisotopic (exact) mass is 204 g/mol. The zero-order valence-corrected chi connectivity index (χ0v) is 7.45. The van der Waals surface area contributed by atoms with Gasteiger partial charge in [0.1, 0.15) is 0 Å². The first kappa shape index (κ1) is 6.84. The molecule has 2 saturated carbocycles. The summed E-state index contributed by atoms with van der Waals surface area (Å²) < 4.78 is -1.74. The molecule has 0 aromatic carbocycles. The van der Waals surface area contributed by atoms with Crippen LogP contribution in [0.25, 0.3) is 0 Å². The summed E-state index contributed by atoms with van der Waals surface area (Å²) in [4.78, 5) is 0. The Kier molecular flexibility index (Phi) is 1.04. The zero-order valence-electron chi connectivity index (χ0n) is 4.43. The fourth-order valence-corrected chi connectivity index (χ4v) is 3.33. The Bertz CT molecular complexity index is 141. The van der Waals surface area contributed by atoms with Gasteiger partial charge in [-0.1, -0.05) is 46.4 Å². The van der Waals surface area contributed by atoms with E-state index in [1.54, 1.807) is 0 Å². The van der Waals surface area contributed by atoms with Gasteiger partial charge in [-0.25, -0.2) is 0 Å². The minimum Gasteiger partial charge on any atom is -0.0975 e. The van der Waals surface area contributed by atoms with Crippen LogP contribution in [-0.4, -0.2) is 8.67 Å². The van der Waals surface area contributed by atoms with Crippen molar-refractivity contribution >= 4 is 46.4 Å². The number of rotatable bonds is 0. The molecular weight excluding hydrogens is 202 g/mol. The summed E-state index contributed by atoms with van der Waals surface area (Å²) in [5.74, 6) is 0. The van der Waals surface area contributed by atoms with Crippen LogP contribution in [-0.2, 0) is 0 Å². The predicted octanol–water partition coefficient (Wildman–Crippen LogP) is 3.13. The smallest absolute Gasteiger partial charge is 0.0975 e. The molecule has 0 N–H and O–H groups in total. The van der Waals surface area contributed by atoms with E-state index in [-0.39, 0.29) is 5.41 Å². The van der Waals surface area contributed by atoms with Crippen molar-refractivity contribution in [3.05, 3.63) is 0 Å². The van der Waals surface area contributed by atoms with Crippen molar-refractivity contribution in [3.63, 3.8) is 0 Å². The molecule has 2 aliphatic rings. The Hall–Kier alpha value is 1.16. The molecule has 1 spiro atoms. The van der Waals surface area contributed by atoms with E-state index in [1.807, 2.05) is 0 Å². The van der Waals surface area contributed by atoms with Gasteiger partial charge >= 0.3 is 0 Å². The third-order valence-corrected chi connectivity index (χ3v) is 5.25. The second-order valence-corrected chi connectivity index (χ2v) is 5.39. The van der Waals surface area contributed by atoms with Crippen molar-refractivity contribution in [2.24, 2.45) is 5.41 Å². The number of alkyl halides is 4. The van der Waals surface area contributed by atoms with Gasteiger partial charge in [0.2, 0.25) is 0 Å². The van der Waals surface area contributed by atoms with Crippen LogP contribution in [0.5, 0.6) is 0 Å². The maximum absolute atomic E-state index is 5.79. The minimum atomic E-state index is -0.872. The lowest BCUT2D eigenvalue weighted by Gasteiger charge is -1.93. The molecule has 0 atom stereocenters. The Morgan fingerprint density at radius 1 is 0.778 bits per heavy atom. The molecule has 0 unspecified atom stereocenters. The Balaban J connectivity index is 2.36. The molecule has 0 nitrogen and oxygen atoms in total. The van der Waals surface area contributed by atoms with Gasteiger partial charge in [0.05, 0.1) is 0 Å². The van der Waals surface area contributed by atoms with Gasteiger partial charge < -0.3 is 0 Å². The van der Waals surface area contributed by atoms with Gasteiger partial charge in [-0.05, 0) is 12.8 Å². The molecule has 0 aromatic rings. The molecule has 4 heteroatoms. The van der Waals surface area contributed by atoms with Crippen molar-refractivity contribution in [2.45, 2.75) is 21.5 Å². The van der Waals surface area contributed by atoms with Gasteiger partial charge in [0.25, 0.3) is 0 Å². The van der Waals surface area contributed by atoms with Gasteiger partial charge in [-0.15, -0.1) is 0 Å². The zero-order chi connectivity index (χ0) is 6.91. The van der Waals surface area contributed by atoms with Crippen LogP contribution >= 0.6 is 46.4 Å². The van der Waals surface area contributed by atoms with Gasteiger partial charge in [0, 0.05) is 5.41 Å². The summed E-state index contributed by atoms with van der Waals surface area (Å²) in [5.41, 5.74) is -0.147. The molecule has 9 heavy (non-hydrogen) atoms. The predicted molar refractivity (Wildman–Crippen MR) is 40.5 cm³/mol. The molecule has 2 rings (SSSR count). The van der Waals surface area contributed by atoms with Crippen LogP contribution in [0.15, 0.2) is 0 Å². The summed E-state index contributed by atoms with van der Waals surface area (Å²) >= 11 is 23.2. The van der Waals surface area contributed by atoms with Crippen LogP contribution in [0.2, 0.25) is 0 Å². The second-order valence-electron chi connectivity index (χ2n) is 2.73. The van der Waals surface area contributed by atoms with E-state index in [0.29, 0.717) is 0 Å². The Morgan fingerprint density at radius 2 is 1.11 bits per heavy atom. The topological polar surface area (TPSA) is 0 Å². The number of halogens is 4. The lowest BCUT2D eigenvalue weighted by molar-refractivity contribution is 0.865. The van der Waals surface area contributed by atoms with E-state index in [9.17, 15) is 0 Å². The molecule has 0 aliphatic heterocycles. The maximum Gasteiger partial charge on any atom is 0.160 e. The molecule has 0 aromatic heterocycles. The first-order valence-electron chi connectivity index (χ1n) is 2.71. The highest BCUT2D eigenvalue weighted by atomic mass is 35.5. The highest BCUT2D eigenvalue weighted by molar-refractivity contribution is 6.69. The Labute approximate surface area is 73.4 Å². The highest BCUT2D eigenvalue weighted by Gasteiger charge is 2.91.